The van der Waals surface area contributed by atoms with Crippen LogP contribution in [-0.2, 0) is 4.79 Å². The molecule has 1 saturated heterocycles. The first-order chi connectivity index (χ1) is 6.70. The maximum Gasteiger partial charge on any atom is 0.251 e. The monoisotopic (exact) mass is 199 g/mol. The summed E-state index contributed by atoms with van der Waals surface area (Å²) < 4.78 is 0. The van der Waals surface area contributed by atoms with Crippen LogP contribution in [0.4, 0.5) is 0 Å². The van der Waals surface area contributed by atoms with E-state index in [-0.39, 0.29) is 11.9 Å². The molecule has 0 aliphatic carbocycles. The summed E-state index contributed by atoms with van der Waals surface area (Å²) in [7, 11) is 0. The fraction of sp³-hybridized carbons (Fsp3) is 0.900. The Morgan fingerprint density at radius 3 is 2.86 bits per heavy atom. The number of rotatable bonds is 3. The standard InChI is InChI=1S/C10H21N3O/c1-3-9(10(14)12-11)13-7-5-4-6-8(13)2/h8-9H,3-7,11H2,1-2H3,(H,12,14)/t8-,9+/m0/s1. The van der Waals surface area contributed by atoms with Gasteiger partial charge in [-0.05, 0) is 32.7 Å². The highest BCUT2D eigenvalue weighted by Gasteiger charge is 2.29. The maximum absolute atomic E-state index is 11.5. The largest absolute Gasteiger partial charge is 0.293 e. The highest BCUT2D eigenvalue weighted by atomic mass is 16.2. The molecule has 1 aliphatic heterocycles. The summed E-state index contributed by atoms with van der Waals surface area (Å²) in [6.07, 6.45) is 4.48. The molecule has 0 unspecified atom stereocenters. The van der Waals surface area contributed by atoms with Crippen LogP contribution in [0.3, 0.4) is 0 Å². The van der Waals surface area contributed by atoms with Gasteiger partial charge >= 0.3 is 0 Å². The lowest BCUT2D eigenvalue weighted by atomic mass is 10.00. The van der Waals surface area contributed by atoms with Gasteiger partial charge in [0.05, 0.1) is 6.04 Å². The van der Waals surface area contributed by atoms with E-state index in [0.717, 1.165) is 13.0 Å². The average Bonchev–Trinajstić information content (AvgIpc) is 2.21. The Morgan fingerprint density at radius 1 is 1.64 bits per heavy atom. The smallest absolute Gasteiger partial charge is 0.251 e. The predicted octanol–water partition coefficient (Wildman–Crippen LogP) is 0.629. The highest BCUT2D eigenvalue weighted by molar-refractivity contribution is 5.81. The summed E-state index contributed by atoms with van der Waals surface area (Å²) in [5.74, 6) is 5.12. The van der Waals surface area contributed by atoms with E-state index in [2.05, 4.69) is 17.2 Å². The van der Waals surface area contributed by atoms with Gasteiger partial charge in [0, 0.05) is 6.04 Å². The third-order valence-corrected chi connectivity index (χ3v) is 3.09. The number of amides is 1. The van der Waals surface area contributed by atoms with Gasteiger partial charge in [0.1, 0.15) is 0 Å². The molecule has 0 aromatic carbocycles. The number of hydrazine groups is 1. The average molecular weight is 199 g/mol. The van der Waals surface area contributed by atoms with Crippen molar-refractivity contribution in [2.75, 3.05) is 6.54 Å². The summed E-state index contributed by atoms with van der Waals surface area (Å²) in [6.45, 7) is 5.24. The van der Waals surface area contributed by atoms with Crippen molar-refractivity contribution in [3.63, 3.8) is 0 Å². The van der Waals surface area contributed by atoms with Crippen LogP contribution >= 0.6 is 0 Å². The Labute approximate surface area is 85.8 Å². The fourth-order valence-electron chi connectivity index (χ4n) is 2.25. The van der Waals surface area contributed by atoms with Crippen LogP contribution in [0, 0.1) is 0 Å². The summed E-state index contributed by atoms with van der Waals surface area (Å²) in [5.41, 5.74) is 2.25. The van der Waals surface area contributed by atoms with E-state index >= 15 is 0 Å². The van der Waals surface area contributed by atoms with Crippen LogP contribution in [0.1, 0.15) is 39.5 Å². The van der Waals surface area contributed by atoms with Crippen LogP contribution in [0.15, 0.2) is 0 Å². The van der Waals surface area contributed by atoms with Crippen LogP contribution < -0.4 is 11.3 Å². The molecule has 0 bridgehead atoms. The molecule has 82 valence electrons. The molecule has 1 heterocycles. The fourth-order valence-corrected chi connectivity index (χ4v) is 2.25. The van der Waals surface area contributed by atoms with Gasteiger partial charge in [0.2, 0.25) is 0 Å². The molecule has 2 atom stereocenters. The minimum atomic E-state index is -0.0544. The predicted molar refractivity (Wildman–Crippen MR) is 56.4 cm³/mol. The minimum absolute atomic E-state index is 0.0460. The van der Waals surface area contributed by atoms with Gasteiger partial charge in [-0.3, -0.25) is 15.1 Å². The second-order valence-electron chi connectivity index (χ2n) is 4.02. The molecular weight excluding hydrogens is 178 g/mol. The minimum Gasteiger partial charge on any atom is -0.293 e. The lowest BCUT2D eigenvalue weighted by Crippen LogP contribution is -2.53. The second-order valence-corrected chi connectivity index (χ2v) is 4.02. The molecule has 0 aromatic rings. The first-order valence-electron chi connectivity index (χ1n) is 5.47. The van der Waals surface area contributed by atoms with Crippen molar-refractivity contribution in [1.29, 1.82) is 0 Å². The van der Waals surface area contributed by atoms with Gasteiger partial charge in [-0.2, -0.15) is 0 Å². The summed E-state index contributed by atoms with van der Waals surface area (Å²) >= 11 is 0. The van der Waals surface area contributed by atoms with Gasteiger partial charge in [0.15, 0.2) is 0 Å². The number of carbonyl (C=O) groups excluding carboxylic acids is 1. The lowest BCUT2D eigenvalue weighted by molar-refractivity contribution is -0.128. The van der Waals surface area contributed by atoms with Crippen LogP contribution in [0.5, 0.6) is 0 Å². The normalized spacial score (nSPS) is 25.8. The van der Waals surface area contributed by atoms with Crippen molar-refractivity contribution in [2.24, 2.45) is 5.84 Å². The summed E-state index contributed by atoms with van der Waals surface area (Å²) in [4.78, 5) is 13.8. The van der Waals surface area contributed by atoms with Crippen molar-refractivity contribution < 1.29 is 4.79 Å². The molecule has 0 radical (unpaired) electrons. The third-order valence-electron chi connectivity index (χ3n) is 3.09. The molecule has 4 heteroatoms. The Balaban J connectivity index is 2.61. The number of nitrogens with one attached hydrogen (secondary N) is 1. The molecule has 0 spiro atoms. The first kappa shape index (κ1) is 11.5. The van der Waals surface area contributed by atoms with Crippen molar-refractivity contribution >= 4 is 5.91 Å². The van der Waals surface area contributed by atoms with E-state index in [1.54, 1.807) is 0 Å². The van der Waals surface area contributed by atoms with Crippen LogP contribution in [0.2, 0.25) is 0 Å². The molecule has 0 saturated carbocycles. The number of piperidine rings is 1. The zero-order valence-electron chi connectivity index (χ0n) is 9.12. The summed E-state index contributed by atoms with van der Waals surface area (Å²) in [6, 6.07) is 0.460. The number of nitrogens with zero attached hydrogens (tertiary/aromatic N) is 1. The van der Waals surface area contributed by atoms with E-state index in [9.17, 15) is 4.79 Å². The van der Waals surface area contributed by atoms with E-state index in [1.807, 2.05) is 6.92 Å². The molecule has 14 heavy (non-hydrogen) atoms. The van der Waals surface area contributed by atoms with Gasteiger partial charge in [-0.25, -0.2) is 5.84 Å². The Kier molecular flexibility index (Phi) is 4.35. The van der Waals surface area contributed by atoms with Crippen molar-refractivity contribution in [3.8, 4) is 0 Å². The maximum atomic E-state index is 11.5. The van der Waals surface area contributed by atoms with Crippen molar-refractivity contribution in [1.82, 2.24) is 10.3 Å². The van der Waals surface area contributed by atoms with Crippen LogP contribution in [0.25, 0.3) is 0 Å². The third kappa shape index (κ3) is 2.45. The Bertz CT molecular complexity index is 196. The molecule has 1 amide bonds. The first-order valence-corrected chi connectivity index (χ1v) is 5.47. The number of likely N-dealkylation sites (tertiary alicyclic amines) is 1. The molecule has 0 aromatic heterocycles. The van der Waals surface area contributed by atoms with E-state index in [4.69, 9.17) is 5.84 Å². The van der Waals surface area contributed by atoms with E-state index in [0.29, 0.717) is 6.04 Å². The van der Waals surface area contributed by atoms with Crippen molar-refractivity contribution in [2.45, 2.75) is 51.6 Å². The zero-order valence-corrected chi connectivity index (χ0v) is 9.12. The Hall–Kier alpha value is -0.610. The van der Waals surface area contributed by atoms with Gasteiger partial charge in [0.25, 0.3) is 5.91 Å². The topological polar surface area (TPSA) is 58.4 Å². The molecule has 1 fully saturated rings. The van der Waals surface area contributed by atoms with Gasteiger partial charge < -0.3 is 0 Å². The number of carbonyl (C=O) groups is 1. The second kappa shape index (κ2) is 5.32. The number of hydrogen-bond acceptors (Lipinski definition) is 3. The summed E-state index contributed by atoms with van der Waals surface area (Å²) in [5, 5.41) is 0. The molecule has 4 nitrogen and oxygen atoms in total. The van der Waals surface area contributed by atoms with Gasteiger partial charge in [-0.1, -0.05) is 13.3 Å². The zero-order chi connectivity index (χ0) is 10.6. The Morgan fingerprint density at radius 2 is 2.36 bits per heavy atom. The number of hydrogen-bond donors (Lipinski definition) is 2. The molecular formula is C10H21N3O. The van der Waals surface area contributed by atoms with E-state index < -0.39 is 0 Å². The van der Waals surface area contributed by atoms with Crippen LogP contribution in [-0.4, -0.2) is 29.4 Å². The molecule has 3 N–H and O–H groups in total. The lowest BCUT2D eigenvalue weighted by Gasteiger charge is -2.38. The number of nitrogens with two attached hydrogens (primary N) is 1. The van der Waals surface area contributed by atoms with Crippen molar-refractivity contribution in [3.05, 3.63) is 0 Å². The quantitative estimate of drug-likeness (QED) is 0.398. The molecule has 1 rings (SSSR count). The molecule has 1 aliphatic rings. The highest BCUT2D eigenvalue weighted by Crippen LogP contribution is 2.20. The SMILES string of the molecule is CC[C@H](C(=O)NN)N1CCCC[C@@H]1C. The van der Waals surface area contributed by atoms with Gasteiger partial charge in [-0.15, -0.1) is 0 Å². The van der Waals surface area contributed by atoms with E-state index in [1.165, 1.54) is 19.3 Å².